The van der Waals surface area contributed by atoms with Crippen molar-refractivity contribution >= 4 is 28.1 Å². The van der Waals surface area contributed by atoms with Gasteiger partial charge in [-0.3, -0.25) is 9.78 Å². The minimum absolute atomic E-state index is 0.0134. The lowest BCUT2D eigenvalue weighted by Gasteiger charge is -2.19. The molecule has 146 valence electrons. The van der Waals surface area contributed by atoms with Crippen LogP contribution in [-0.2, 0) is 0 Å². The number of hydrogen-bond donors (Lipinski definition) is 3. The summed E-state index contributed by atoms with van der Waals surface area (Å²) in [5.41, 5.74) is 3.61. The van der Waals surface area contributed by atoms with E-state index in [0.29, 0.717) is 40.2 Å². The van der Waals surface area contributed by atoms with Crippen LogP contribution in [0, 0.1) is 13.8 Å². The number of ether oxygens (including phenoxy) is 1. The van der Waals surface area contributed by atoms with Crippen LogP contribution in [0.5, 0.6) is 17.2 Å². The number of hydrogen-bond acceptors (Lipinski definition) is 6. The number of aromatic nitrogens is 1. The van der Waals surface area contributed by atoms with E-state index in [2.05, 4.69) is 10.3 Å². The number of para-hydroxylation sites is 1. The number of phenolic OH excluding ortho intramolecular Hbond substituents is 2. The molecule has 6 nitrogen and oxygen atoms in total. The summed E-state index contributed by atoms with van der Waals surface area (Å²) in [6.07, 6.45) is 2.70. The number of nitrogens with zero attached hydrogens (tertiary/aromatic N) is 1. The SMILES string of the molecule is CCCC(=O)c1cnc2c(OC)cccc2c1Nc1c(C)cc(O)c(O)c1C. The fourth-order valence-electron chi connectivity index (χ4n) is 3.34. The molecule has 3 aromatic rings. The smallest absolute Gasteiger partial charge is 0.166 e. The van der Waals surface area contributed by atoms with Gasteiger partial charge in [-0.15, -0.1) is 0 Å². The molecule has 3 N–H and O–H groups in total. The highest BCUT2D eigenvalue weighted by Gasteiger charge is 2.20. The van der Waals surface area contributed by atoms with Crippen molar-refractivity contribution in [3.05, 3.63) is 47.2 Å². The van der Waals surface area contributed by atoms with Crippen molar-refractivity contribution in [2.24, 2.45) is 0 Å². The largest absolute Gasteiger partial charge is 0.504 e. The van der Waals surface area contributed by atoms with Crippen molar-refractivity contribution in [2.45, 2.75) is 33.6 Å². The summed E-state index contributed by atoms with van der Waals surface area (Å²) in [4.78, 5) is 17.2. The van der Waals surface area contributed by atoms with E-state index in [1.54, 1.807) is 20.2 Å². The van der Waals surface area contributed by atoms with E-state index in [1.807, 2.05) is 32.0 Å². The maximum Gasteiger partial charge on any atom is 0.166 e. The Balaban J connectivity index is 2.27. The summed E-state index contributed by atoms with van der Waals surface area (Å²) in [5.74, 6) is 0.229. The first kappa shape index (κ1) is 19.5. The number of nitrogens with one attached hydrogen (secondary N) is 1. The number of pyridine rings is 1. The van der Waals surface area contributed by atoms with E-state index in [9.17, 15) is 15.0 Å². The van der Waals surface area contributed by atoms with Crippen LogP contribution >= 0.6 is 0 Å². The second-order valence-electron chi connectivity index (χ2n) is 6.76. The number of benzene rings is 2. The van der Waals surface area contributed by atoms with Gasteiger partial charge in [-0.05, 0) is 38.0 Å². The molecule has 2 aromatic carbocycles. The third-order valence-electron chi connectivity index (χ3n) is 4.83. The summed E-state index contributed by atoms with van der Waals surface area (Å²) in [5, 5.41) is 24.1. The number of fused-ring (bicyclic) bond motifs is 1. The van der Waals surface area contributed by atoms with Crippen molar-refractivity contribution in [3.63, 3.8) is 0 Å². The number of aromatic hydroxyl groups is 2. The molecule has 0 aliphatic heterocycles. The van der Waals surface area contributed by atoms with Crippen molar-refractivity contribution in [1.29, 1.82) is 0 Å². The second-order valence-corrected chi connectivity index (χ2v) is 6.76. The molecule has 0 atom stereocenters. The van der Waals surface area contributed by atoms with Gasteiger partial charge >= 0.3 is 0 Å². The van der Waals surface area contributed by atoms with Gasteiger partial charge in [0, 0.05) is 29.3 Å². The van der Waals surface area contributed by atoms with Gasteiger partial charge in [-0.1, -0.05) is 19.1 Å². The number of methoxy groups -OCH3 is 1. The molecule has 0 bridgehead atoms. The zero-order chi connectivity index (χ0) is 20.4. The summed E-state index contributed by atoms with van der Waals surface area (Å²) in [7, 11) is 1.58. The predicted molar refractivity (Wildman–Crippen MR) is 110 cm³/mol. The standard InChI is InChI=1S/C22H24N2O4/c1-5-7-16(25)15-11-23-21-14(8-6-9-18(21)28-4)20(15)24-19-12(2)10-17(26)22(27)13(19)3/h6,8-11,26-27H,5,7H2,1-4H3,(H,23,24). The molecule has 6 heteroatoms. The zero-order valence-corrected chi connectivity index (χ0v) is 16.5. The Morgan fingerprint density at radius 3 is 2.64 bits per heavy atom. The maximum absolute atomic E-state index is 12.7. The van der Waals surface area contributed by atoms with E-state index in [-0.39, 0.29) is 17.3 Å². The molecule has 28 heavy (non-hydrogen) atoms. The highest BCUT2D eigenvalue weighted by atomic mass is 16.5. The number of carbonyl (C=O) groups excluding carboxylic acids is 1. The quantitative estimate of drug-likeness (QED) is 0.317. The topological polar surface area (TPSA) is 91.7 Å². The molecular formula is C22H24N2O4. The zero-order valence-electron chi connectivity index (χ0n) is 16.5. The van der Waals surface area contributed by atoms with Gasteiger partial charge in [0.05, 0.1) is 18.4 Å². The third-order valence-corrected chi connectivity index (χ3v) is 4.83. The number of aryl methyl sites for hydroxylation is 1. The Labute approximate surface area is 163 Å². The molecule has 0 saturated heterocycles. The molecule has 1 aromatic heterocycles. The Kier molecular flexibility index (Phi) is 5.40. The van der Waals surface area contributed by atoms with E-state index in [4.69, 9.17) is 4.74 Å². The molecule has 0 saturated carbocycles. The third kappa shape index (κ3) is 3.33. The Hall–Kier alpha value is -3.28. The summed E-state index contributed by atoms with van der Waals surface area (Å²) >= 11 is 0. The van der Waals surface area contributed by atoms with Gasteiger partial charge in [0.15, 0.2) is 17.3 Å². The molecule has 0 amide bonds. The van der Waals surface area contributed by atoms with E-state index < -0.39 is 0 Å². The Morgan fingerprint density at radius 2 is 1.96 bits per heavy atom. The number of Topliss-reactive ketones (excluding diaryl/α,β-unsaturated/α-hetero) is 1. The van der Waals surface area contributed by atoms with Gasteiger partial charge < -0.3 is 20.3 Å². The molecule has 0 aliphatic carbocycles. The molecule has 0 aliphatic rings. The van der Waals surface area contributed by atoms with Gasteiger partial charge in [0.2, 0.25) is 0 Å². The van der Waals surface area contributed by atoms with Gasteiger partial charge in [0.1, 0.15) is 11.3 Å². The van der Waals surface area contributed by atoms with Gasteiger partial charge in [0.25, 0.3) is 0 Å². The molecule has 0 fully saturated rings. The van der Waals surface area contributed by atoms with E-state index >= 15 is 0 Å². The van der Waals surface area contributed by atoms with Crippen molar-refractivity contribution in [2.75, 3.05) is 12.4 Å². The van der Waals surface area contributed by atoms with Crippen molar-refractivity contribution < 1.29 is 19.7 Å². The number of phenols is 2. The molecule has 1 heterocycles. The number of ketones is 1. The van der Waals surface area contributed by atoms with Crippen LogP contribution in [0.4, 0.5) is 11.4 Å². The van der Waals surface area contributed by atoms with Crippen molar-refractivity contribution in [3.8, 4) is 17.2 Å². The minimum Gasteiger partial charge on any atom is -0.504 e. The molecule has 0 spiro atoms. The summed E-state index contributed by atoms with van der Waals surface area (Å²) < 4.78 is 5.41. The minimum atomic E-state index is -0.189. The fraction of sp³-hybridized carbons (Fsp3) is 0.273. The lowest BCUT2D eigenvalue weighted by atomic mass is 10.0. The van der Waals surface area contributed by atoms with E-state index in [1.165, 1.54) is 6.07 Å². The highest BCUT2D eigenvalue weighted by Crippen LogP contribution is 2.40. The van der Waals surface area contributed by atoms with Crippen LogP contribution in [-0.4, -0.2) is 28.1 Å². The Bertz CT molecular complexity index is 1060. The predicted octanol–water partition coefficient (Wildman–Crippen LogP) is 5.00. The normalized spacial score (nSPS) is 10.9. The lowest BCUT2D eigenvalue weighted by molar-refractivity contribution is 0.0982. The van der Waals surface area contributed by atoms with Gasteiger partial charge in [-0.2, -0.15) is 0 Å². The molecule has 0 unspecified atom stereocenters. The molecular weight excluding hydrogens is 356 g/mol. The van der Waals surface area contributed by atoms with Crippen LogP contribution in [0.3, 0.4) is 0 Å². The van der Waals surface area contributed by atoms with Crippen LogP contribution in [0.2, 0.25) is 0 Å². The van der Waals surface area contributed by atoms with Crippen LogP contribution in [0.1, 0.15) is 41.3 Å². The van der Waals surface area contributed by atoms with Crippen LogP contribution < -0.4 is 10.1 Å². The van der Waals surface area contributed by atoms with Crippen molar-refractivity contribution in [1.82, 2.24) is 4.98 Å². The molecule has 3 rings (SSSR count). The first-order valence-corrected chi connectivity index (χ1v) is 9.17. The first-order valence-electron chi connectivity index (χ1n) is 9.17. The van der Waals surface area contributed by atoms with E-state index in [0.717, 1.165) is 17.4 Å². The maximum atomic E-state index is 12.7. The fourth-order valence-corrected chi connectivity index (χ4v) is 3.34. The average molecular weight is 380 g/mol. The van der Waals surface area contributed by atoms with Crippen LogP contribution in [0.25, 0.3) is 10.9 Å². The summed E-state index contributed by atoms with van der Waals surface area (Å²) in [6.45, 7) is 5.49. The monoisotopic (exact) mass is 380 g/mol. The first-order chi connectivity index (χ1) is 13.4. The highest BCUT2D eigenvalue weighted by molar-refractivity contribution is 6.10. The Morgan fingerprint density at radius 1 is 1.21 bits per heavy atom. The van der Waals surface area contributed by atoms with Crippen LogP contribution in [0.15, 0.2) is 30.5 Å². The average Bonchev–Trinajstić information content (AvgIpc) is 2.69. The van der Waals surface area contributed by atoms with Gasteiger partial charge in [-0.25, -0.2) is 0 Å². The number of rotatable bonds is 6. The second kappa shape index (κ2) is 7.76. The number of carbonyl (C=O) groups is 1. The lowest BCUT2D eigenvalue weighted by Crippen LogP contribution is -2.07. The number of anilines is 2. The molecule has 0 radical (unpaired) electrons. The summed E-state index contributed by atoms with van der Waals surface area (Å²) in [6, 6.07) is 7.02.